The molecule has 4 heterocycles. The number of hydrogen-bond donors (Lipinski definition) is 1. The molecule has 2 aromatic rings. The lowest BCUT2D eigenvalue weighted by molar-refractivity contribution is -0.126. The minimum atomic E-state index is -0.406. The van der Waals surface area contributed by atoms with Crippen LogP contribution in [0.25, 0.3) is 0 Å². The topological polar surface area (TPSA) is 80.2 Å². The smallest absolute Gasteiger partial charge is 0.253 e. The number of carbonyl (C=O) groups excluding carboxylic acids is 1. The molecule has 2 saturated heterocycles. The Labute approximate surface area is 140 Å². The molecule has 0 bridgehead atoms. The number of hydrogen-bond acceptors (Lipinski definition) is 6. The molecule has 24 heavy (non-hydrogen) atoms. The van der Waals surface area contributed by atoms with E-state index < -0.39 is 6.10 Å². The van der Waals surface area contributed by atoms with E-state index in [4.69, 9.17) is 4.74 Å². The van der Waals surface area contributed by atoms with Gasteiger partial charge in [-0.05, 0) is 37.0 Å². The van der Waals surface area contributed by atoms with Gasteiger partial charge in [0, 0.05) is 31.7 Å². The predicted octanol–water partition coefficient (Wildman–Crippen LogP) is 1.49. The molecule has 2 aromatic heterocycles. The van der Waals surface area contributed by atoms with Gasteiger partial charge in [0.05, 0.1) is 18.0 Å². The summed E-state index contributed by atoms with van der Waals surface area (Å²) in [5.74, 6) is 1.04. The molecular formula is C17H19N5O2. The normalized spacial score (nSPS) is 26.0. The van der Waals surface area contributed by atoms with Gasteiger partial charge in [-0.25, -0.2) is 9.97 Å². The maximum Gasteiger partial charge on any atom is 0.253 e. The summed E-state index contributed by atoms with van der Waals surface area (Å²) in [7, 11) is 0. The van der Waals surface area contributed by atoms with E-state index in [1.165, 1.54) is 0 Å². The third-order valence-corrected chi connectivity index (χ3v) is 4.61. The molecule has 3 atom stereocenters. The molecule has 2 fully saturated rings. The van der Waals surface area contributed by atoms with Crippen molar-refractivity contribution in [3.05, 3.63) is 43.0 Å². The van der Waals surface area contributed by atoms with E-state index in [-0.39, 0.29) is 12.0 Å². The molecule has 2 aliphatic rings. The molecule has 0 radical (unpaired) electrons. The molecule has 0 saturated carbocycles. The van der Waals surface area contributed by atoms with Gasteiger partial charge in [0.25, 0.3) is 5.91 Å². The molecule has 0 aromatic carbocycles. The van der Waals surface area contributed by atoms with Gasteiger partial charge in [-0.1, -0.05) is 0 Å². The van der Waals surface area contributed by atoms with Crippen molar-refractivity contribution in [2.45, 2.75) is 25.0 Å². The van der Waals surface area contributed by atoms with Crippen LogP contribution in [0.2, 0.25) is 0 Å². The van der Waals surface area contributed by atoms with Gasteiger partial charge < -0.3 is 15.0 Å². The van der Waals surface area contributed by atoms with E-state index in [0.29, 0.717) is 11.6 Å². The summed E-state index contributed by atoms with van der Waals surface area (Å²) >= 11 is 0. The maximum atomic E-state index is 12.4. The molecule has 4 rings (SSSR count). The zero-order chi connectivity index (χ0) is 16.4. The van der Waals surface area contributed by atoms with Gasteiger partial charge in [-0.15, -0.1) is 0 Å². The fraction of sp³-hybridized carbons (Fsp3) is 0.412. The van der Waals surface area contributed by atoms with Crippen molar-refractivity contribution in [3.8, 4) is 0 Å². The number of carbonyl (C=O) groups is 1. The lowest BCUT2D eigenvalue weighted by Gasteiger charge is -2.33. The zero-order valence-electron chi connectivity index (χ0n) is 13.2. The van der Waals surface area contributed by atoms with E-state index in [1.807, 2.05) is 6.07 Å². The zero-order valence-corrected chi connectivity index (χ0v) is 13.2. The fourth-order valence-corrected chi connectivity index (χ4v) is 3.39. The molecule has 0 aliphatic carbocycles. The van der Waals surface area contributed by atoms with Crippen molar-refractivity contribution in [1.29, 1.82) is 0 Å². The Balaban J connectivity index is 1.38. The standard InChI is InChI=1S/C17H19N5O2/c23-16(21-13-3-1-5-18-10-13)14-9-12-4-8-22(11-15(12)24-14)17-19-6-2-7-20-17/h1-3,5-7,10,12,14-15H,4,8-9,11H2,(H,21,23)/t12-,14+,15+/m1/s1. The van der Waals surface area contributed by atoms with Crippen LogP contribution in [-0.2, 0) is 9.53 Å². The van der Waals surface area contributed by atoms with Crippen molar-refractivity contribution in [3.63, 3.8) is 0 Å². The highest BCUT2D eigenvalue weighted by atomic mass is 16.5. The van der Waals surface area contributed by atoms with E-state index in [9.17, 15) is 4.79 Å². The van der Waals surface area contributed by atoms with Crippen molar-refractivity contribution >= 4 is 17.5 Å². The van der Waals surface area contributed by atoms with Crippen molar-refractivity contribution in [2.24, 2.45) is 5.92 Å². The largest absolute Gasteiger partial charge is 0.363 e. The van der Waals surface area contributed by atoms with Crippen LogP contribution < -0.4 is 10.2 Å². The first-order valence-corrected chi connectivity index (χ1v) is 8.18. The van der Waals surface area contributed by atoms with Crippen LogP contribution in [0, 0.1) is 5.92 Å². The van der Waals surface area contributed by atoms with Crippen molar-refractivity contribution in [1.82, 2.24) is 15.0 Å². The average molecular weight is 325 g/mol. The van der Waals surface area contributed by atoms with Gasteiger partial charge in [-0.2, -0.15) is 0 Å². The van der Waals surface area contributed by atoms with Crippen LogP contribution >= 0.6 is 0 Å². The van der Waals surface area contributed by atoms with Crippen molar-refractivity contribution in [2.75, 3.05) is 23.3 Å². The van der Waals surface area contributed by atoms with E-state index >= 15 is 0 Å². The summed E-state index contributed by atoms with van der Waals surface area (Å²) in [6.45, 7) is 1.62. The SMILES string of the molecule is O=C(Nc1cccnc1)[C@@H]1C[C@H]2CCN(c3ncccn3)C[C@@H]2O1. The van der Waals surface area contributed by atoms with Gasteiger partial charge in [-0.3, -0.25) is 9.78 Å². The minimum Gasteiger partial charge on any atom is -0.363 e. The number of rotatable bonds is 3. The number of nitrogens with one attached hydrogen (secondary N) is 1. The molecule has 124 valence electrons. The summed E-state index contributed by atoms with van der Waals surface area (Å²) in [4.78, 5) is 27.1. The molecule has 7 nitrogen and oxygen atoms in total. The minimum absolute atomic E-state index is 0.0483. The number of aromatic nitrogens is 3. The van der Waals surface area contributed by atoms with Gasteiger partial charge in [0.2, 0.25) is 5.95 Å². The molecule has 7 heteroatoms. The Morgan fingerprint density at radius 2 is 2.12 bits per heavy atom. The second-order valence-electron chi connectivity index (χ2n) is 6.17. The number of anilines is 2. The molecule has 0 spiro atoms. The summed E-state index contributed by atoms with van der Waals surface area (Å²) in [5.41, 5.74) is 0.695. The van der Waals surface area contributed by atoms with Gasteiger partial charge in [0.15, 0.2) is 0 Å². The lowest BCUT2D eigenvalue weighted by atomic mass is 9.92. The van der Waals surface area contributed by atoms with Crippen LogP contribution in [0.1, 0.15) is 12.8 Å². The second-order valence-corrected chi connectivity index (χ2v) is 6.17. The molecule has 1 N–H and O–H groups in total. The summed E-state index contributed by atoms with van der Waals surface area (Å²) in [6, 6.07) is 5.42. The van der Waals surface area contributed by atoms with Crippen molar-refractivity contribution < 1.29 is 9.53 Å². The lowest BCUT2D eigenvalue weighted by Crippen LogP contribution is -2.43. The molecular weight excluding hydrogens is 306 g/mol. The van der Waals surface area contributed by atoms with Gasteiger partial charge in [0.1, 0.15) is 6.10 Å². The van der Waals surface area contributed by atoms with Crippen LogP contribution in [-0.4, -0.2) is 46.2 Å². The first kappa shape index (κ1) is 15.0. The number of fused-ring (bicyclic) bond motifs is 1. The number of piperidine rings is 1. The van der Waals surface area contributed by atoms with E-state index in [1.54, 1.807) is 36.9 Å². The van der Waals surface area contributed by atoms with E-state index in [0.717, 1.165) is 31.9 Å². The third-order valence-electron chi connectivity index (χ3n) is 4.61. The van der Waals surface area contributed by atoms with E-state index in [2.05, 4.69) is 25.2 Å². The summed E-state index contributed by atoms with van der Waals surface area (Å²) in [5, 5.41) is 2.87. The van der Waals surface area contributed by atoms with Crippen LogP contribution in [0.4, 0.5) is 11.6 Å². The Kier molecular flexibility index (Phi) is 4.08. The Morgan fingerprint density at radius 1 is 1.25 bits per heavy atom. The van der Waals surface area contributed by atoms with Crippen LogP contribution in [0.15, 0.2) is 43.0 Å². The second kappa shape index (κ2) is 6.52. The summed E-state index contributed by atoms with van der Waals surface area (Å²) in [6.07, 6.45) is 8.19. The first-order chi connectivity index (χ1) is 11.8. The first-order valence-electron chi connectivity index (χ1n) is 8.18. The number of nitrogens with zero attached hydrogens (tertiary/aromatic N) is 4. The highest BCUT2D eigenvalue weighted by Crippen LogP contribution is 2.34. The fourth-order valence-electron chi connectivity index (χ4n) is 3.39. The number of amides is 1. The number of pyridine rings is 1. The van der Waals surface area contributed by atoms with Crippen LogP contribution in [0.3, 0.4) is 0 Å². The maximum absolute atomic E-state index is 12.4. The monoisotopic (exact) mass is 325 g/mol. The molecule has 0 unspecified atom stereocenters. The number of ether oxygens (including phenoxy) is 1. The predicted molar refractivity (Wildman–Crippen MR) is 88.5 cm³/mol. The quantitative estimate of drug-likeness (QED) is 0.921. The highest BCUT2D eigenvalue weighted by Gasteiger charge is 2.42. The molecule has 1 amide bonds. The van der Waals surface area contributed by atoms with Gasteiger partial charge >= 0.3 is 0 Å². The third kappa shape index (κ3) is 3.07. The highest BCUT2D eigenvalue weighted by molar-refractivity contribution is 5.94. The Hall–Kier alpha value is -2.54. The Bertz CT molecular complexity index is 697. The molecule has 2 aliphatic heterocycles. The van der Waals surface area contributed by atoms with Crippen LogP contribution in [0.5, 0.6) is 0 Å². The Morgan fingerprint density at radius 3 is 2.92 bits per heavy atom. The summed E-state index contributed by atoms with van der Waals surface area (Å²) < 4.78 is 6.02. The average Bonchev–Trinajstić information content (AvgIpc) is 3.07.